The fourth-order valence-corrected chi connectivity index (χ4v) is 9.25. The summed E-state index contributed by atoms with van der Waals surface area (Å²) in [6, 6.07) is 0. The first-order chi connectivity index (χ1) is 13.6. The van der Waals surface area contributed by atoms with Gasteiger partial charge in [0.05, 0.1) is 11.7 Å². The van der Waals surface area contributed by atoms with E-state index in [1.54, 1.807) is 0 Å². The van der Waals surface area contributed by atoms with Crippen LogP contribution in [0.4, 0.5) is 0 Å². The monoisotopic (exact) mass is 404 g/mol. The maximum Gasteiger partial charge on any atom is 0.0728 e. The van der Waals surface area contributed by atoms with E-state index >= 15 is 0 Å². The summed E-state index contributed by atoms with van der Waals surface area (Å²) >= 11 is 0. The summed E-state index contributed by atoms with van der Waals surface area (Å²) in [5, 5.41) is 21.8. The molecule has 9 atom stereocenters. The van der Waals surface area contributed by atoms with Crippen molar-refractivity contribution >= 4 is 0 Å². The summed E-state index contributed by atoms with van der Waals surface area (Å²) in [5.74, 6) is 4.94. The van der Waals surface area contributed by atoms with Crippen LogP contribution >= 0.6 is 0 Å². The van der Waals surface area contributed by atoms with Gasteiger partial charge in [0.2, 0.25) is 0 Å². The molecule has 0 aliphatic heterocycles. The van der Waals surface area contributed by atoms with E-state index in [9.17, 15) is 10.2 Å². The Morgan fingerprint density at radius 3 is 2.34 bits per heavy atom. The van der Waals surface area contributed by atoms with E-state index in [4.69, 9.17) is 0 Å². The van der Waals surface area contributed by atoms with Gasteiger partial charge in [-0.05, 0) is 97.7 Å². The van der Waals surface area contributed by atoms with Gasteiger partial charge in [-0.15, -0.1) is 0 Å². The van der Waals surface area contributed by atoms with Crippen LogP contribution in [0.1, 0.15) is 112 Å². The van der Waals surface area contributed by atoms with Crippen LogP contribution < -0.4 is 0 Å². The predicted molar refractivity (Wildman–Crippen MR) is 121 cm³/mol. The summed E-state index contributed by atoms with van der Waals surface area (Å²) in [5.41, 5.74) is -0.0719. The molecule has 4 rings (SSSR count). The van der Waals surface area contributed by atoms with Gasteiger partial charge in [0.1, 0.15) is 0 Å². The molecule has 0 aromatic rings. The van der Waals surface area contributed by atoms with Crippen molar-refractivity contribution in [2.45, 2.75) is 123 Å². The molecular weight excluding hydrogens is 356 g/mol. The molecule has 2 heteroatoms. The number of hydrogen-bond donors (Lipinski definition) is 2. The maximum absolute atomic E-state index is 11.6. The van der Waals surface area contributed by atoms with Crippen molar-refractivity contribution in [3.05, 3.63) is 0 Å². The highest BCUT2D eigenvalue weighted by Gasteiger charge is 2.64. The summed E-state index contributed by atoms with van der Waals surface area (Å²) in [7, 11) is 0. The number of aliphatic hydroxyl groups excluding tert-OH is 1. The molecule has 0 heterocycles. The zero-order chi connectivity index (χ0) is 21.0. The first kappa shape index (κ1) is 22.1. The first-order valence-corrected chi connectivity index (χ1v) is 13.0. The Labute approximate surface area is 180 Å². The van der Waals surface area contributed by atoms with Crippen LogP contribution in [0.5, 0.6) is 0 Å². The molecule has 2 N–H and O–H groups in total. The molecule has 0 bridgehead atoms. The Bertz CT molecular complexity index is 587. The van der Waals surface area contributed by atoms with Crippen molar-refractivity contribution in [1.82, 2.24) is 0 Å². The van der Waals surface area contributed by atoms with Crippen LogP contribution in [0.25, 0.3) is 0 Å². The van der Waals surface area contributed by atoms with Crippen LogP contribution in [-0.2, 0) is 0 Å². The quantitative estimate of drug-likeness (QED) is 0.543. The van der Waals surface area contributed by atoms with Gasteiger partial charge in [0, 0.05) is 6.42 Å². The van der Waals surface area contributed by atoms with E-state index in [0.717, 1.165) is 48.9 Å². The van der Waals surface area contributed by atoms with Gasteiger partial charge in [-0.1, -0.05) is 53.9 Å². The molecule has 0 unspecified atom stereocenters. The minimum absolute atomic E-state index is 0.0252. The minimum atomic E-state index is -0.623. The molecule has 0 spiro atoms. The lowest BCUT2D eigenvalue weighted by Crippen LogP contribution is -2.62. The van der Waals surface area contributed by atoms with Crippen molar-refractivity contribution in [3.63, 3.8) is 0 Å². The van der Waals surface area contributed by atoms with E-state index in [1.165, 1.54) is 51.4 Å². The second-order valence-electron chi connectivity index (χ2n) is 12.8. The number of hydrogen-bond acceptors (Lipinski definition) is 2. The van der Waals surface area contributed by atoms with Gasteiger partial charge < -0.3 is 10.2 Å². The Hall–Kier alpha value is -0.0800. The lowest BCUT2D eigenvalue weighted by atomic mass is 9.43. The van der Waals surface area contributed by atoms with Gasteiger partial charge in [-0.25, -0.2) is 0 Å². The van der Waals surface area contributed by atoms with Crippen LogP contribution in [0.3, 0.4) is 0 Å². The summed E-state index contributed by atoms with van der Waals surface area (Å²) in [6.45, 7) is 12.3. The van der Waals surface area contributed by atoms with Gasteiger partial charge in [0.15, 0.2) is 0 Å². The largest absolute Gasteiger partial charge is 0.393 e. The van der Waals surface area contributed by atoms with Gasteiger partial charge >= 0.3 is 0 Å². The summed E-state index contributed by atoms with van der Waals surface area (Å²) in [6.07, 6.45) is 14.1. The lowest BCUT2D eigenvalue weighted by Gasteiger charge is -2.64. The van der Waals surface area contributed by atoms with Crippen LogP contribution in [0, 0.1) is 46.3 Å². The highest BCUT2D eigenvalue weighted by molar-refractivity contribution is 5.14. The van der Waals surface area contributed by atoms with Crippen LogP contribution in [0.15, 0.2) is 0 Å². The summed E-state index contributed by atoms with van der Waals surface area (Å²) < 4.78 is 0. The average Bonchev–Trinajstić information content (AvgIpc) is 2.99. The van der Waals surface area contributed by atoms with Crippen molar-refractivity contribution in [2.75, 3.05) is 0 Å². The number of aliphatic hydroxyl groups is 2. The van der Waals surface area contributed by atoms with Crippen molar-refractivity contribution in [1.29, 1.82) is 0 Å². The Morgan fingerprint density at radius 2 is 1.62 bits per heavy atom. The molecule has 4 aliphatic carbocycles. The van der Waals surface area contributed by atoms with Crippen molar-refractivity contribution < 1.29 is 10.2 Å². The van der Waals surface area contributed by atoms with Crippen LogP contribution in [0.2, 0.25) is 0 Å². The van der Waals surface area contributed by atoms with E-state index in [0.29, 0.717) is 17.8 Å². The molecule has 0 aromatic heterocycles. The van der Waals surface area contributed by atoms with Crippen molar-refractivity contribution in [3.8, 4) is 0 Å². The molecule has 0 saturated heterocycles. The third-order valence-corrected chi connectivity index (χ3v) is 11.0. The minimum Gasteiger partial charge on any atom is -0.393 e. The molecule has 4 fully saturated rings. The lowest BCUT2D eigenvalue weighted by molar-refractivity contribution is -0.220. The van der Waals surface area contributed by atoms with Gasteiger partial charge in [0.25, 0.3) is 0 Å². The number of rotatable bonds is 5. The Morgan fingerprint density at radius 1 is 0.862 bits per heavy atom. The molecular formula is C27H48O2. The zero-order valence-corrected chi connectivity index (χ0v) is 19.9. The fraction of sp³-hybridized carbons (Fsp3) is 1.00. The third kappa shape index (κ3) is 3.53. The van der Waals surface area contributed by atoms with Gasteiger partial charge in [-0.2, -0.15) is 0 Å². The number of fused-ring (bicyclic) bond motifs is 5. The maximum atomic E-state index is 11.6. The van der Waals surface area contributed by atoms with E-state index < -0.39 is 5.60 Å². The fourth-order valence-electron chi connectivity index (χ4n) is 9.25. The second-order valence-corrected chi connectivity index (χ2v) is 12.8. The molecule has 4 saturated carbocycles. The molecule has 0 amide bonds. The molecule has 0 aromatic carbocycles. The second kappa shape index (κ2) is 7.80. The normalized spacial score (nSPS) is 50.7. The van der Waals surface area contributed by atoms with Gasteiger partial charge in [-0.3, -0.25) is 0 Å². The average molecular weight is 405 g/mol. The zero-order valence-electron chi connectivity index (χ0n) is 19.9. The van der Waals surface area contributed by atoms with E-state index in [-0.39, 0.29) is 11.5 Å². The molecule has 168 valence electrons. The van der Waals surface area contributed by atoms with Crippen LogP contribution in [-0.4, -0.2) is 21.9 Å². The van der Waals surface area contributed by atoms with E-state index in [1.807, 2.05) is 0 Å². The highest BCUT2D eigenvalue weighted by Crippen LogP contribution is 2.69. The SMILES string of the molecule is CC(C)CCC[C@@H](C)[C@H]1CC[C@H]2[C@H]3CC[C@@]4(O)C[C@@H](O)CC[C@]4(C)[C@@H]3CC[C@]12C. The molecule has 4 aliphatic rings. The summed E-state index contributed by atoms with van der Waals surface area (Å²) in [4.78, 5) is 0. The molecule has 2 nitrogen and oxygen atoms in total. The Kier molecular flexibility index (Phi) is 5.95. The Balaban J connectivity index is 1.49. The molecule has 29 heavy (non-hydrogen) atoms. The predicted octanol–water partition coefficient (Wildman–Crippen LogP) is 6.58. The highest BCUT2D eigenvalue weighted by atomic mass is 16.3. The topological polar surface area (TPSA) is 40.5 Å². The first-order valence-electron chi connectivity index (χ1n) is 13.0. The van der Waals surface area contributed by atoms with E-state index in [2.05, 4.69) is 34.6 Å². The smallest absolute Gasteiger partial charge is 0.0728 e. The third-order valence-electron chi connectivity index (χ3n) is 11.0. The van der Waals surface area contributed by atoms with Crippen molar-refractivity contribution in [2.24, 2.45) is 46.3 Å². The molecule has 0 radical (unpaired) electrons. The standard InChI is InChI=1S/C27H48O2/c1-18(2)7-6-8-19(3)22-9-10-23-21-12-16-27(29)17-20(28)11-15-26(27,5)24(21)13-14-25(22,23)4/h18-24,28-29H,6-17H2,1-5H3/t19-,20+,21-,22-,23+,24-,25-,26-,27-/m1/s1.